The number of rotatable bonds is 9. The van der Waals surface area contributed by atoms with Crippen LogP contribution in [0.3, 0.4) is 0 Å². The van der Waals surface area contributed by atoms with Crippen LogP contribution in [-0.2, 0) is 28.8 Å². The predicted octanol–water partition coefficient (Wildman–Crippen LogP) is 3.76. The number of anilines is 1. The zero-order chi connectivity index (χ0) is 22.3. The van der Waals surface area contributed by atoms with E-state index in [9.17, 15) is 9.59 Å². The van der Waals surface area contributed by atoms with Crippen LogP contribution >= 0.6 is 11.3 Å². The number of nitrogens with zero attached hydrogens (tertiary/aromatic N) is 2. The third-order valence-corrected chi connectivity index (χ3v) is 6.69. The van der Waals surface area contributed by atoms with Crippen LogP contribution in [0.4, 0.5) is 5.00 Å². The fourth-order valence-corrected chi connectivity index (χ4v) is 5.23. The minimum Gasteiger partial charge on any atom is -0.385 e. The van der Waals surface area contributed by atoms with E-state index in [-0.39, 0.29) is 18.2 Å². The number of ether oxygens (including phenoxy) is 1. The Bertz CT molecular complexity index is 1070. The van der Waals surface area contributed by atoms with E-state index >= 15 is 0 Å². The summed E-state index contributed by atoms with van der Waals surface area (Å²) >= 11 is 1.54. The molecule has 2 aromatic heterocycles. The van der Waals surface area contributed by atoms with Crippen LogP contribution in [0.15, 0.2) is 42.7 Å². The van der Waals surface area contributed by atoms with Gasteiger partial charge in [0.25, 0.3) is 5.91 Å². The maximum Gasteiger partial charge on any atom is 0.254 e. The molecular weight excluding hydrogens is 424 g/mol. The van der Waals surface area contributed by atoms with Gasteiger partial charge >= 0.3 is 0 Å². The molecule has 1 aliphatic rings. The molecule has 2 heterocycles. The van der Waals surface area contributed by atoms with Crippen molar-refractivity contribution in [2.45, 2.75) is 38.5 Å². The van der Waals surface area contributed by atoms with Gasteiger partial charge < -0.3 is 15.4 Å². The van der Waals surface area contributed by atoms with Crippen molar-refractivity contribution in [2.75, 3.05) is 25.6 Å². The van der Waals surface area contributed by atoms with Gasteiger partial charge in [0.15, 0.2) is 0 Å². The average molecular weight is 453 g/mol. The summed E-state index contributed by atoms with van der Waals surface area (Å²) in [5.74, 6) is -0.266. The van der Waals surface area contributed by atoms with Gasteiger partial charge in [-0.1, -0.05) is 18.2 Å². The third-order valence-electron chi connectivity index (χ3n) is 5.48. The Hall–Kier alpha value is -2.97. The highest BCUT2D eigenvalue weighted by molar-refractivity contribution is 7.17. The lowest BCUT2D eigenvalue weighted by molar-refractivity contribution is -0.115. The summed E-state index contributed by atoms with van der Waals surface area (Å²) in [6.45, 7) is 1.14. The quantitative estimate of drug-likeness (QED) is 0.484. The monoisotopic (exact) mass is 452 g/mol. The molecular formula is C24H28N4O3S. The van der Waals surface area contributed by atoms with Crippen molar-refractivity contribution >= 4 is 28.2 Å². The molecule has 0 spiro atoms. The number of aromatic nitrogens is 2. The molecule has 2 N–H and O–H groups in total. The lowest BCUT2D eigenvalue weighted by atomic mass is 9.95. The number of nitrogens with one attached hydrogen (secondary N) is 2. The SMILES string of the molecule is COCCCNC(=O)c1c(NC(=O)Cc2cnn(-c3ccccc3)c2)sc2c1CCCC2. The summed E-state index contributed by atoms with van der Waals surface area (Å²) in [4.78, 5) is 27.0. The molecule has 32 heavy (non-hydrogen) atoms. The topological polar surface area (TPSA) is 85.2 Å². The standard InChI is InChI=1S/C24H28N4O3S/c1-31-13-7-12-25-23(30)22-19-10-5-6-11-20(19)32-24(22)27-21(29)14-17-15-26-28(16-17)18-8-3-2-4-9-18/h2-4,8-9,15-16H,5-7,10-14H2,1H3,(H,25,30)(H,27,29). The molecule has 1 aliphatic carbocycles. The molecule has 0 saturated carbocycles. The predicted molar refractivity (Wildman–Crippen MR) is 126 cm³/mol. The number of thiophene rings is 1. The molecule has 0 unspecified atom stereocenters. The number of hydrogen-bond donors (Lipinski definition) is 2. The minimum atomic E-state index is -0.148. The van der Waals surface area contributed by atoms with E-state index < -0.39 is 0 Å². The van der Waals surface area contributed by atoms with E-state index in [2.05, 4.69) is 15.7 Å². The van der Waals surface area contributed by atoms with Crippen LogP contribution in [0.5, 0.6) is 0 Å². The number of hydrogen-bond acceptors (Lipinski definition) is 5. The molecule has 2 amide bonds. The zero-order valence-electron chi connectivity index (χ0n) is 18.2. The van der Waals surface area contributed by atoms with Crippen LogP contribution in [0.25, 0.3) is 5.69 Å². The van der Waals surface area contributed by atoms with E-state index in [0.717, 1.165) is 48.9 Å². The van der Waals surface area contributed by atoms with E-state index in [4.69, 9.17) is 4.74 Å². The second kappa shape index (κ2) is 10.6. The maximum absolute atomic E-state index is 13.0. The largest absolute Gasteiger partial charge is 0.385 e. The van der Waals surface area contributed by atoms with E-state index in [1.165, 1.54) is 16.2 Å². The summed E-state index contributed by atoms with van der Waals surface area (Å²) in [7, 11) is 1.65. The van der Waals surface area contributed by atoms with Gasteiger partial charge in [0.1, 0.15) is 5.00 Å². The number of para-hydroxylation sites is 1. The number of fused-ring (bicyclic) bond motifs is 1. The van der Waals surface area contributed by atoms with Crippen molar-refractivity contribution in [3.63, 3.8) is 0 Å². The molecule has 7 nitrogen and oxygen atoms in total. The van der Waals surface area contributed by atoms with Gasteiger partial charge in [-0.15, -0.1) is 11.3 Å². The first-order valence-electron chi connectivity index (χ1n) is 11.0. The molecule has 0 bridgehead atoms. The maximum atomic E-state index is 13.0. The minimum absolute atomic E-state index is 0.118. The summed E-state index contributed by atoms with van der Waals surface area (Å²) in [6, 6.07) is 9.77. The molecule has 8 heteroatoms. The van der Waals surface area contributed by atoms with Gasteiger partial charge in [0, 0.05) is 31.3 Å². The Balaban J connectivity index is 1.46. The van der Waals surface area contributed by atoms with Crippen molar-refractivity contribution in [2.24, 2.45) is 0 Å². The highest BCUT2D eigenvalue weighted by Gasteiger charge is 2.26. The van der Waals surface area contributed by atoms with Crippen molar-refractivity contribution in [1.82, 2.24) is 15.1 Å². The smallest absolute Gasteiger partial charge is 0.254 e. The van der Waals surface area contributed by atoms with Crippen LogP contribution in [0, 0.1) is 0 Å². The molecule has 0 radical (unpaired) electrons. The zero-order valence-corrected chi connectivity index (χ0v) is 19.0. The van der Waals surface area contributed by atoms with Crippen molar-refractivity contribution in [1.29, 1.82) is 0 Å². The number of amides is 2. The first kappa shape index (κ1) is 22.2. The van der Waals surface area contributed by atoms with E-state index in [0.29, 0.717) is 23.7 Å². The molecule has 168 valence electrons. The highest BCUT2D eigenvalue weighted by atomic mass is 32.1. The molecule has 4 rings (SSSR count). The molecule has 0 aliphatic heterocycles. The Morgan fingerprint density at radius 3 is 2.81 bits per heavy atom. The lowest BCUT2D eigenvalue weighted by Gasteiger charge is -2.13. The average Bonchev–Trinajstić information content (AvgIpc) is 3.41. The van der Waals surface area contributed by atoms with E-state index in [1.54, 1.807) is 18.0 Å². The van der Waals surface area contributed by atoms with Gasteiger partial charge in [-0.05, 0) is 55.4 Å². The number of benzene rings is 1. The summed E-state index contributed by atoms with van der Waals surface area (Å²) in [5, 5.41) is 11.0. The van der Waals surface area contributed by atoms with Crippen LogP contribution in [-0.4, -0.2) is 41.9 Å². The first-order chi connectivity index (χ1) is 15.7. The van der Waals surface area contributed by atoms with E-state index in [1.807, 2.05) is 36.5 Å². The number of aryl methyl sites for hydroxylation is 1. The summed E-state index contributed by atoms with van der Waals surface area (Å²) in [5.41, 5.74) is 3.49. The fraction of sp³-hybridized carbons (Fsp3) is 0.375. The Labute approximate surface area is 191 Å². The van der Waals surface area contributed by atoms with Gasteiger partial charge in [-0.3, -0.25) is 9.59 Å². The lowest BCUT2D eigenvalue weighted by Crippen LogP contribution is -2.27. The van der Waals surface area contributed by atoms with Crippen LogP contribution in [0.1, 0.15) is 45.6 Å². The normalized spacial score (nSPS) is 12.9. The second-order valence-corrected chi connectivity index (χ2v) is 8.98. The molecule has 0 atom stereocenters. The highest BCUT2D eigenvalue weighted by Crippen LogP contribution is 2.38. The van der Waals surface area contributed by atoms with Gasteiger partial charge in [0.05, 0.1) is 23.9 Å². The second-order valence-electron chi connectivity index (χ2n) is 7.87. The molecule has 0 saturated heterocycles. The van der Waals surface area contributed by atoms with Crippen molar-refractivity contribution in [3.05, 3.63) is 64.3 Å². The molecule has 3 aromatic rings. The van der Waals surface area contributed by atoms with Gasteiger partial charge in [-0.2, -0.15) is 5.10 Å². The number of methoxy groups -OCH3 is 1. The number of carbonyl (C=O) groups is 2. The fourth-order valence-electron chi connectivity index (χ4n) is 3.93. The van der Waals surface area contributed by atoms with Crippen LogP contribution in [0.2, 0.25) is 0 Å². The van der Waals surface area contributed by atoms with Gasteiger partial charge in [0.2, 0.25) is 5.91 Å². The van der Waals surface area contributed by atoms with Crippen molar-refractivity contribution < 1.29 is 14.3 Å². The summed E-state index contributed by atoms with van der Waals surface area (Å²) in [6.07, 6.45) is 8.55. The first-order valence-corrected chi connectivity index (χ1v) is 11.8. The Kier molecular flexibility index (Phi) is 7.34. The number of carbonyl (C=O) groups excluding carboxylic acids is 2. The third kappa shape index (κ3) is 5.26. The van der Waals surface area contributed by atoms with Crippen LogP contribution < -0.4 is 10.6 Å². The molecule has 1 aromatic carbocycles. The Morgan fingerprint density at radius 1 is 1.19 bits per heavy atom. The van der Waals surface area contributed by atoms with Crippen molar-refractivity contribution in [3.8, 4) is 5.69 Å². The molecule has 0 fully saturated rings. The Morgan fingerprint density at radius 2 is 2.00 bits per heavy atom. The summed E-state index contributed by atoms with van der Waals surface area (Å²) < 4.78 is 6.81. The van der Waals surface area contributed by atoms with Gasteiger partial charge in [-0.25, -0.2) is 4.68 Å².